The molecule has 3 nitrogen and oxygen atoms in total. The van der Waals surface area contributed by atoms with Crippen LogP contribution in [0.4, 0.5) is 13.2 Å². The number of nitrogens with zero attached hydrogens (tertiary/aromatic N) is 2. The summed E-state index contributed by atoms with van der Waals surface area (Å²) in [7, 11) is 0. The van der Waals surface area contributed by atoms with Gasteiger partial charge in [-0.25, -0.2) is 4.98 Å². The number of nitriles is 1. The van der Waals surface area contributed by atoms with E-state index in [2.05, 4.69) is 25.7 Å². The van der Waals surface area contributed by atoms with Crippen molar-refractivity contribution in [3.8, 4) is 11.8 Å². The van der Waals surface area contributed by atoms with E-state index in [4.69, 9.17) is 16.9 Å². The van der Waals surface area contributed by atoms with Gasteiger partial charge in [-0.3, -0.25) is 0 Å². The van der Waals surface area contributed by atoms with Crippen LogP contribution in [0.3, 0.4) is 0 Å². The van der Waals surface area contributed by atoms with Crippen molar-refractivity contribution in [2.75, 3.05) is 0 Å². The number of hydrogen-bond acceptors (Lipinski definition) is 3. The maximum absolute atomic E-state index is 11.9. The van der Waals surface area contributed by atoms with Gasteiger partial charge in [-0.1, -0.05) is 11.6 Å². The predicted octanol–water partition coefficient (Wildman–Crippen LogP) is 3.27. The average molecular weight is 301 g/mol. The summed E-state index contributed by atoms with van der Waals surface area (Å²) < 4.78 is 39.2. The molecular formula is C7HBrClF3N2O. The molecule has 0 N–H and O–H groups in total. The Balaban J connectivity index is 3.15. The van der Waals surface area contributed by atoms with Gasteiger partial charge < -0.3 is 4.74 Å². The summed E-state index contributed by atoms with van der Waals surface area (Å²) in [6.07, 6.45) is -4.87. The fourth-order valence-corrected chi connectivity index (χ4v) is 1.39. The third-order valence-corrected chi connectivity index (χ3v) is 2.12. The Morgan fingerprint density at radius 1 is 1.53 bits per heavy atom. The van der Waals surface area contributed by atoms with E-state index in [0.717, 1.165) is 6.07 Å². The van der Waals surface area contributed by atoms with Gasteiger partial charge in [0.2, 0.25) is 0 Å². The van der Waals surface area contributed by atoms with E-state index < -0.39 is 17.3 Å². The van der Waals surface area contributed by atoms with Crippen molar-refractivity contribution in [2.45, 2.75) is 6.36 Å². The maximum Gasteiger partial charge on any atom is 0.573 e. The van der Waals surface area contributed by atoms with E-state index in [1.807, 2.05) is 0 Å². The summed E-state index contributed by atoms with van der Waals surface area (Å²) in [4.78, 5) is 3.46. The van der Waals surface area contributed by atoms with Crippen molar-refractivity contribution in [1.82, 2.24) is 4.98 Å². The molecule has 0 spiro atoms. The summed E-state index contributed by atoms with van der Waals surface area (Å²) in [6.45, 7) is 0. The van der Waals surface area contributed by atoms with Crippen molar-refractivity contribution < 1.29 is 17.9 Å². The first-order chi connectivity index (χ1) is 6.83. The normalized spacial score (nSPS) is 10.9. The first-order valence-corrected chi connectivity index (χ1v) is 4.52. The lowest BCUT2D eigenvalue weighted by Gasteiger charge is -2.10. The lowest BCUT2D eigenvalue weighted by molar-refractivity contribution is -0.274. The molecule has 1 rings (SSSR count). The second kappa shape index (κ2) is 4.24. The van der Waals surface area contributed by atoms with Crippen molar-refractivity contribution in [2.24, 2.45) is 0 Å². The number of ether oxygens (including phenoxy) is 1. The van der Waals surface area contributed by atoms with Gasteiger partial charge in [-0.15, -0.1) is 13.2 Å². The number of pyridine rings is 1. The molecule has 1 heterocycles. The number of hydrogen-bond donors (Lipinski definition) is 0. The van der Waals surface area contributed by atoms with E-state index in [1.165, 1.54) is 0 Å². The highest BCUT2D eigenvalue weighted by molar-refractivity contribution is 9.10. The Labute approximate surface area is 95.6 Å². The van der Waals surface area contributed by atoms with Gasteiger partial charge in [0.05, 0.1) is 5.56 Å². The molecule has 0 fully saturated rings. The van der Waals surface area contributed by atoms with Crippen LogP contribution in [-0.2, 0) is 0 Å². The SMILES string of the molecule is N#Cc1cc(OC(F)(F)F)c(Cl)nc1Br. The predicted molar refractivity (Wildman–Crippen MR) is 48.3 cm³/mol. The van der Waals surface area contributed by atoms with E-state index in [1.54, 1.807) is 6.07 Å². The summed E-state index contributed by atoms with van der Waals surface area (Å²) >= 11 is 8.26. The molecule has 0 aliphatic heterocycles. The van der Waals surface area contributed by atoms with Crippen LogP contribution in [0, 0.1) is 11.3 Å². The minimum absolute atomic E-state index is 0.0597. The molecule has 0 amide bonds. The Morgan fingerprint density at radius 3 is 2.60 bits per heavy atom. The molecule has 8 heteroatoms. The van der Waals surface area contributed by atoms with Crippen LogP contribution in [0.5, 0.6) is 5.75 Å². The van der Waals surface area contributed by atoms with E-state index >= 15 is 0 Å². The molecule has 80 valence electrons. The zero-order valence-corrected chi connectivity index (χ0v) is 9.11. The lowest BCUT2D eigenvalue weighted by Crippen LogP contribution is -2.17. The van der Waals surface area contributed by atoms with Gasteiger partial charge >= 0.3 is 6.36 Å². The van der Waals surface area contributed by atoms with Gasteiger partial charge in [-0.05, 0) is 15.9 Å². The van der Waals surface area contributed by atoms with Crippen molar-refractivity contribution in [1.29, 1.82) is 5.26 Å². The smallest absolute Gasteiger partial charge is 0.402 e. The van der Waals surface area contributed by atoms with Gasteiger partial charge in [-0.2, -0.15) is 5.26 Å². The third-order valence-electron chi connectivity index (χ3n) is 1.24. The zero-order chi connectivity index (χ0) is 11.6. The summed E-state index contributed by atoms with van der Waals surface area (Å²) in [5, 5.41) is 8.06. The van der Waals surface area contributed by atoms with Crippen molar-refractivity contribution in [3.05, 3.63) is 21.4 Å². The number of alkyl halides is 3. The quantitative estimate of drug-likeness (QED) is 0.748. The Bertz CT molecular complexity index is 429. The Hall–Kier alpha value is -1.00. The fraction of sp³-hybridized carbons (Fsp3) is 0.143. The third kappa shape index (κ3) is 3.25. The molecule has 0 atom stereocenters. The summed E-state index contributed by atoms with van der Waals surface area (Å²) in [5.41, 5.74) is -0.0985. The molecule has 0 bridgehead atoms. The van der Waals surface area contributed by atoms with E-state index in [0.29, 0.717) is 0 Å². The molecule has 0 aromatic carbocycles. The molecule has 0 saturated carbocycles. The highest BCUT2D eigenvalue weighted by Crippen LogP contribution is 2.31. The molecule has 0 saturated heterocycles. The van der Waals surface area contributed by atoms with Gasteiger partial charge in [0.1, 0.15) is 10.7 Å². The van der Waals surface area contributed by atoms with Crippen LogP contribution in [0.2, 0.25) is 5.15 Å². The number of halogens is 5. The summed E-state index contributed by atoms with van der Waals surface area (Å²) in [6, 6.07) is 2.49. The highest BCUT2D eigenvalue weighted by atomic mass is 79.9. The van der Waals surface area contributed by atoms with E-state index in [-0.39, 0.29) is 10.2 Å². The molecule has 0 unspecified atom stereocenters. The first-order valence-electron chi connectivity index (χ1n) is 3.35. The molecule has 1 aromatic heterocycles. The molecular weight excluding hydrogens is 300 g/mol. The Morgan fingerprint density at radius 2 is 2.13 bits per heavy atom. The van der Waals surface area contributed by atoms with Crippen LogP contribution in [0.15, 0.2) is 10.7 Å². The zero-order valence-electron chi connectivity index (χ0n) is 6.77. The van der Waals surface area contributed by atoms with Crippen LogP contribution in [0.25, 0.3) is 0 Å². The van der Waals surface area contributed by atoms with Crippen LogP contribution < -0.4 is 4.74 Å². The molecule has 0 aliphatic rings. The second-order valence-electron chi connectivity index (χ2n) is 2.28. The first kappa shape index (κ1) is 12.1. The topological polar surface area (TPSA) is 45.9 Å². The Kier molecular flexibility index (Phi) is 3.42. The van der Waals surface area contributed by atoms with Gasteiger partial charge in [0.25, 0.3) is 0 Å². The molecule has 1 aromatic rings. The minimum Gasteiger partial charge on any atom is -0.402 e. The van der Waals surface area contributed by atoms with Crippen LogP contribution in [0.1, 0.15) is 5.56 Å². The number of aromatic nitrogens is 1. The molecule has 0 aliphatic carbocycles. The standard InChI is InChI=1S/C7HBrClF3N2O/c8-5-3(2-13)1-4(6(9)14-5)15-7(10,11)12/h1H. The second-order valence-corrected chi connectivity index (χ2v) is 3.38. The summed E-state index contributed by atoms with van der Waals surface area (Å²) in [5.74, 6) is -0.705. The highest BCUT2D eigenvalue weighted by Gasteiger charge is 2.32. The van der Waals surface area contributed by atoms with Crippen LogP contribution >= 0.6 is 27.5 Å². The van der Waals surface area contributed by atoms with E-state index in [9.17, 15) is 13.2 Å². The largest absolute Gasteiger partial charge is 0.573 e. The minimum atomic E-state index is -4.87. The number of rotatable bonds is 1. The maximum atomic E-state index is 11.9. The van der Waals surface area contributed by atoms with Gasteiger partial charge in [0, 0.05) is 6.07 Å². The monoisotopic (exact) mass is 300 g/mol. The van der Waals surface area contributed by atoms with Crippen molar-refractivity contribution >= 4 is 27.5 Å². The molecule has 15 heavy (non-hydrogen) atoms. The fourth-order valence-electron chi connectivity index (χ4n) is 0.726. The molecule has 0 radical (unpaired) electrons. The lowest BCUT2D eigenvalue weighted by atomic mass is 10.3. The van der Waals surface area contributed by atoms with Gasteiger partial charge in [0.15, 0.2) is 10.9 Å². The van der Waals surface area contributed by atoms with Crippen LogP contribution in [-0.4, -0.2) is 11.3 Å². The average Bonchev–Trinajstić information content (AvgIpc) is 2.07. The van der Waals surface area contributed by atoms with Crippen molar-refractivity contribution in [3.63, 3.8) is 0 Å².